The molecule has 4 nitrogen and oxygen atoms in total. The van der Waals surface area contributed by atoms with E-state index in [1.807, 2.05) is 36.4 Å². The van der Waals surface area contributed by atoms with E-state index in [-0.39, 0.29) is 5.97 Å². The van der Waals surface area contributed by atoms with Crippen molar-refractivity contribution < 1.29 is 9.63 Å². The van der Waals surface area contributed by atoms with Gasteiger partial charge >= 0.3 is 5.97 Å². The molecule has 1 fully saturated rings. The quantitative estimate of drug-likeness (QED) is 0.625. The standard InChI is InChI=1S/C19H18N2O2S/c22-19-16(18(20-23-19)14-7-3-1-4-8-14)13-15-9-10-17(24-15)21-11-5-2-6-12-21/h1,3-4,7-10,13H,2,5-6,11-12H2. The van der Waals surface area contributed by atoms with E-state index in [0.717, 1.165) is 23.5 Å². The van der Waals surface area contributed by atoms with Gasteiger partial charge in [0.2, 0.25) is 0 Å². The predicted molar refractivity (Wildman–Crippen MR) is 97.4 cm³/mol. The van der Waals surface area contributed by atoms with Crippen LogP contribution in [0.3, 0.4) is 0 Å². The number of rotatable bonds is 3. The summed E-state index contributed by atoms with van der Waals surface area (Å²) in [4.78, 5) is 20.4. The van der Waals surface area contributed by atoms with Crippen LogP contribution >= 0.6 is 11.3 Å². The number of piperidine rings is 1. The number of hydrogen-bond acceptors (Lipinski definition) is 5. The van der Waals surface area contributed by atoms with Gasteiger partial charge in [-0.15, -0.1) is 11.3 Å². The highest BCUT2D eigenvalue weighted by Gasteiger charge is 2.27. The van der Waals surface area contributed by atoms with Crippen molar-refractivity contribution in [3.63, 3.8) is 0 Å². The fraction of sp³-hybridized carbons (Fsp3) is 0.263. The Balaban J connectivity index is 1.61. The first-order chi connectivity index (χ1) is 11.8. The van der Waals surface area contributed by atoms with Gasteiger partial charge in [-0.05, 0) is 37.5 Å². The lowest BCUT2D eigenvalue weighted by Crippen LogP contribution is -2.28. The minimum absolute atomic E-state index is 0.387. The van der Waals surface area contributed by atoms with Gasteiger partial charge in [0.1, 0.15) is 5.71 Å². The molecule has 24 heavy (non-hydrogen) atoms. The van der Waals surface area contributed by atoms with Crippen LogP contribution in [0, 0.1) is 0 Å². The zero-order chi connectivity index (χ0) is 16.4. The Morgan fingerprint density at radius 1 is 1.04 bits per heavy atom. The lowest BCUT2D eigenvalue weighted by atomic mass is 10.0. The zero-order valence-corrected chi connectivity index (χ0v) is 14.1. The summed E-state index contributed by atoms with van der Waals surface area (Å²) in [6, 6.07) is 13.9. The summed E-state index contributed by atoms with van der Waals surface area (Å²) in [5.41, 5.74) is 2.02. The van der Waals surface area contributed by atoms with Gasteiger partial charge in [0, 0.05) is 23.5 Å². The molecule has 2 aliphatic rings. The van der Waals surface area contributed by atoms with Crippen molar-refractivity contribution in [2.75, 3.05) is 18.0 Å². The summed E-state index contributed by atoms with van der Waals surface area (Å²) >= 11 is 1.71. The number of benzene rings is 1. The molecule has 0 N–H and O–H groups in total. The molecule has 0 spiro atoms. The third-order valence-electron chi connectivity index (χ3n) is 4.31. The Bertz CT molecular complexity index is 802. The third-order valence-corrected chi connectivity index (χ3v) is 5.40. The Morgan fingerprint density at radius 2 is 1.83 bits per heavy atom. The topological polar surface area (TPSA) is 41.9 Å². The molecule has 0 saturated carbocycles. The van der Waals surface area contributed by atoms with E-state index in [2.05, 4.69) is 22.2 Å². The SMILES string of the molecule is O=C1ON=C(c2ccccc2)C1=Cc1ccc(N2CCCCC2)s1. The van der Waals surface area contributed by atoms with Crippen LogP contribution in [0.4, 0.5) is 5.00 Å². The summed E-state index contributed by atoms with van der Waals surface area (Å²) in [6.45, 7) is 2.24. The van der Waals surface area contributed by atoms with E-state index >= 15 is 0 Å². The van der Waals surface area contributed by atoms with Crippen molar-refractivity contribution in [1.29, 1.82) is 0 Å². The van der Waals surface area contributed by atoms with Gasteiger partial charge in [-0.25, -0.2) is 4.79 Å². The second-order valence-electron chi connectivity index (χ2n) is 5.97. The van der Waals surface area contributed by atoms with Crippen molar-refractivity contribution >= 4 is 34.1 Å². The lowest BCUT2D eigenvalue weighted by molar-refractivity contribution is -0.136. The van der Waals surface area contributed by atoms with Crippen LogP contribution in [-0.4, -0.2) is 24.8 Å². The maximum Gasteiger partial charge on any atom is 0.368 e. The minimum Gasteiger partial charge on any atom is -0.363 e. The van der Waals surface area contributed by atoms with E-state index < -0.39 is 0 Å². The van der Waals surface area contributed by atoms with Crippen molar-refractivity contribution in [2.24, 2.45) is 5.16 Å². The Kier molecular flexibility index (Phi) is 4.17. The molecule has 0 radical (unpaired) electrons. The fourth-order valence-electron chi connectivity index (χ4n) is 3.06. The molecule has 0 aliphatic carbocycles. The second-order valence-corrected chi connectivity index (χ2v) is 7.06. The number of carbonyl (C=O) groups is 1. The van der Waals surface area contributed by atoms with E-state index in [1.54, 1.807) is 11.3 Å². The lowest BCUT2D eigenvalue weighted by Gasteiger charge is -2.27. The van der Waals surface area contributed by atoms with E-state index in [0.29, 0.717) is 11.3 Å². The van der Waals surface area contributed by atoms with Gasteiger partial charge in [0.25, 0.3) is 0 Å². The van der Waals surface area contributed by atoms with Gasteiger partial charge in [-0.2, -0.15) is 0 Å². The van der Waals surface area contributed by atoms with Gasteiger partial charge in [0.05, 0.1) is 10.6 Å². The molecule has 4 rings (SSSR count). The molecule has 5 heteroatoms. The monoisotopic (exact) mass is 338 g/mol. The van der Waals surface area contributed by atoms with Gasteiger partial charge in [-0.1, -0.05) is 35.5 Å². The van der Waals surface area contributed by atoms with E-state index in [4.69, 9.17) is 4.84 Å². The first-order valence-electron chi connectivity index (χ1n) is 8.23. The average molecular weight is 338 g/mol. The Labute approximate surface area is 145 Å². The minimum atomic E-state index is -0.387. The first kappa shape index (κ1) is 15.1. The number of carbonyl (C=O) groups excluding carboxylic acids is 1. The molecule has 122 valence electrons. The first-order valence-corrected chi connectivity index (χ1v) is 9.04. The van der Waals surface area contributed by atoms with Crippen LogP contribution in [0.15, 0.2) is 53.2 Å². The van der Waals surface area contributed by atoms with Crippen LogP contribution in [0.1, 0.15) is 29.7 Å². The molecule has 0 unspecified atom stereocenters. The number of thiophene rings is 1. The summed E-state index contributed by atoms with van der Waals surface area (Å²) in [7, 11) is 0. The van der Waals surface area contributed by atoms with E-state index in [9.17, 15) is 4.79 Å². The molecule has 1 aromatic carbocycles. The largest absolute Gasteiger partial charge is 0.368 e. The molecule has 0 atom stereocenters. The van der Waals surface area contributed by atoms with Crippen LogP contribution in [-0.2, 0) is 9.63 Å². The van der Waals surface area contributed by atoms with Gasteiger partial charge in [-0.3, -0.25) is 0 Å². The molecule has 0 amide bonds. The van der Waals surface area contributed by atoms with Crippen molar-refractivity contribution in [1.82, 2.24) is 0 Å². The predicted octanol–water partition coefficient (Wildman–Crippen LogP) is 4.08. The number of anilines is 1. The maximum atomic E-state index is 12.1. The molecule has 0 bridgehead atoms. The number of hydrogen-bond donors (Lipinski definition) is 0. The fourth-order valence-corrected chi connectivity index (χ4v) is 4.06. The summed E-state index contributed by atoms with van der Waals surface area (Å²) in [5.74, 6) is -0.387. The Hall–Kier alpha value is -2.40. The van der Waals surface area contributed by atoms with E-state index in [1.165, 1.54) is 24.3 Å². The van der Waals surface area contributed by atoms with Crippen LogP contribution in [0.2, 0.25) is 0 Å². The van der Waals surface area contributed by atoms with Crippen molar-refractivity contribution in [3.05, 3.63) is 58.5 Å². The summed E-state index contributed by atoms with van der Waals surface area (Å²) in [5, 5.41) is 5.22. The van der Waals surface area contributed by atoms with Crippen LogP contribution in [0.25, 0.3) is 6.08 Å². The number of oxime groups is 1. The third kappa shape index (κ3) is 2.99. The normalized spacial score (nSPS) is 19.5. The molecule has 2 aromatic rings. The molecule has 2 aliphatic heterocycles. The highest BCUT2D eigenvalue weighted by molar-refractivity contribution is 7.17. The number of nitrogens with zero attached hydrogens (tertiary/aromatic N) is 2. The maximum absolute atomic E-state index is 12.1. The second kappa shape index (κ2) is 6.61. The van der Waals surface area contributed by atoms with Crippen LogP contribution in [0.5, 0.6) is 0 Å². The molecule has 1 saturated heterocycles. The molecule has 3 heterocycles. The average Bonchev–Trinajstić information content (AvgIpc) is 3.25. The molecular weight excluding hydrogens is 320 g/mol. The highest BCUT2D eigenvalue weighted by atomic mass is 32.1. The summed E-state index contributed by atoms with van der Waals surface area (Å²) < 4.78 is 0. The van der Waals surface area contributed by atoms with Crippen molar-refractivity contribution in [2.45, 2.75) is 19.3 Å². The van der Waals surface area contributed by atoms with Gasteiger partial charge in [0.15, 0.2) is 0 Å². The molecular formula is C19H18N2O2S. The van der Waals surface area contributed by atoms with Crippen LogP contribution < -0.4 is 4.90 Å². The van der Waals surface area contributed by atoms with Crippen molar-refractivity contribution in [3.8, 4) is 0 Å². The highest BCUT2D eigenvalue weighted by Crippen LogP contribution is 2.31. The van der Waals surface area contributed by atoms with Gasteiger partial charge < -0.3 is 9.74 Å². The zero-order valence-electron chi connectivity index (χ0n) is 13.3. The summed E-state index contributed by atoms with van der Waals surface area (Å²) in [6.07, 6.45) is 5.72. The molecule has 1 aromatic heterocycles. The Morgan fingerprint density at radius 3 is 2.62 bits per heavy atom. The smallest absolute Gasteiger partial charge is 0.363 e.